The monoisotopic (exact) mass is 456 g/mol. The molecule has 1 aromatic rings. The molecule has 4 fully saturated rings. The zero-order valence-corrected chi connectivity index (χ0v) is 19.7. The Morgan fingerprint density at radius 3 is 2.45 bits per heavy atom. The molecule has 0 bridgehead atoms. The van der Waals surface area contributed by atoms with Gasteiger partial charge >= 0.3 is 5.97 Å². The Kier molecular flexibility index (Phi) is 3.91. The number of hydrogen-bond donors (Lipinski definition) is 2. The van der Waals surface area contributed by atoms with E-state index in [0.717, 1.165) is 0 Å². The molecule has 1 spiro atoms. The first-order chi connectivity index (χ1) is 15.4. The lowest BCUT2D eigenvalue weighted by Gasteiger charge is -2.69. The van der Waals surface area contributed by atoms with Gasteiger partial charge in [0, 0.05) is 27.7 Å². The van der Waals surface area contributed by atoms with Crippen molar-refractivity contribution in [2.45, 2.75) is 77.5 Å². The molecule has 1 unspecified atom stereocenters. The molecule has 10 atom stereocenters. The van der Waals surface area contributed by atoms with Gasteiger partial charge in [-0.1, -0.05) is 40.7 Å². The van der Waals surface area contributed by atoms with Crippen molar-refractivity contribution in [3.05, 3.63) is 36.3 Å². The molecule has 2 aliphatic heterocycles. The van der Waals surface area contributed by atoms with Crippen LogP contribution in [0.2, 0.25) is 0 Å². The first kappa shape index (κ1) is 21.6. The van der Waals surface area contributed by atoms with E-state index in [9.17, 15) is 19.8 Å². The summed E-state index contributed by atoms with van der Waals surface area (Å²) in [5.74, 6) is -0.958. The lowest BCUT2D eigenvalue weighted by Crippen LogP contribution is -2.75. The van der Waals surface area contributed by atoms with Gasteiger partial charge in [0.1, 0.15) is 11.7 Å². The SMILES string of the molecule is CC1(C)C(=O)C=C[C@]2(C)C3[C@@H](O)C[C@@]4(C)[C@H](c5ccoc5)OC(=O)[C@H]5O[C@]54[C@]3(C)[C@H](O)C[C@@H]12. The van der Waals surface area contributed by atoms with Crippen LogP contribution in [0.25, 0.3) is 0 Å². The number of esters is 1. The number of ketones is 1. The maximum Gasteiger partial charge on any atom is 0.339 e. The van der Waals surface area contributed by atoms with E-state index in [-0.39, 0.29) is 11.7 Å². The van der Waals surface area contributed by atoms with E-state index < -0.39 is 63.6 Å². The highest BCUT2D eigenvalue weighted by Gasteiger charge is 2.89. The minimum atomic E-state index is -0.992. The maximum atomic E-state index is 13.1. The predicted molar refractivity (Wildman–Crippen MR) is 116 cm³/mol. The van der Waals surface area contributed by atoms with Gasteiger partial charge in [0.15, 0.2) is 11.9 Å². The molecule has 3 heterocycles. The molecule has 7 heteroatoms. The third-order valence-electron chi connectivity index (χ3n) is 10.5. The second-order valence-electron chi connectivity index (χ2n) is 12.1. The second-order valence-corrected chi connectivity index (χ2v) is 12.1. The van der Waals surface area contributed by atoms with Crippen molar-refractivity contribution in [1.82, 2.24) is 0 Å². The van der Waals surface area contributed by atoms with Gasteiger partial charge in [-0.2, -0.15) is 0 Å². The summed E-state index contributed by atoms with van der Waals surface area (Å²) in [6, 6.07) is 1.77. The van der Waals surface area contributed by atoms with Crippen LogP contribution in [0.3, 0.4) is 0 Å². The van der Waals surface area contributed by atoms with E-state index in [0.29, 0.717) is 18.4 Å². The first-order valence-corrected chi connectivity index (χ1v) is 11.9. The number of epoxide rings is 1. The fourth-order valence-corrected chi connectivity index (χ4v) is 9.02. The fourth-order valence-electron chi connectivity index (χ4n) is 9.02. The molecule has 178 valence electrons. The smallest absolute Gasteiger partial charge is 0.339 e. The number of fused-ring (bicyclic) bond motifs is 3. The summed E-state index contributed by atoms with van der Waals surface area (Å²) in [4.78, 5) is 25.8. The Hall–Kier alpha value is -1.96. The summed E-state index contributed by atoms with van der Waals surface area (Å²) in [5.41, 5.74) is -3.20. The van der Waals surface area contributed by atoms with Crippen molar-refractivity contribution in [2.75, 3.05) is 0 Å². The highest BCUT2D eigenvalue weighted by Crippen LogP contribution is 2.79. The van der Waals surface area contributed by atoms with Gasteiger partial charge in [-0.15, -0.1) is 0 Å². The summed E-state index contributed by atoms with van der Waals surface area (Å²) in [6.45, 7) is 9.90. The minimum Gasteiger partial charge on any atom is -0.472 e. The Bertz CT molecular complexity index is 1070. The third-order valence-corrected chi connectivity index (χ3v) is 10.5. The van der Waals surface area contributed by atoms with Crippen molar-refractivity contribution < 1.29 is 33.7 Å². The van der Waals surface area contributed by atoms with Gasteiger partial charge in [0.2, 0.25) is 0 Å². The number of furan rings is 1. The lowest BCUT2D eigenvalue weighted by atomic mass is 9.35. The quantitative estimate of drug-likeness (QED) is 0.494. The average Bonchev–Trinajstić information content (AvgIpc) is 3.31. The Morgan fingerprint density at radius 1 is 1.06 bits per heavy atom. The normalized spacial score (nSPS) is 53.9. The van der Waals surface area contributed by atoms with Crippen LogP contribution in [-0.4, -0.2) is 45.9 Å². The van der Waals surface area contributed by atoms with Gasteiger partial charge < -0.3 is 24.1 Å². The molecule has 0 amide bonds. The summed E-state index contributed by atoms with van der Waals surface area (Å²) in [5, 5.41) is 23.6. The average molecular weight is 457 g/mol. The molecule has 0 radical (unpaired) electrons. The number of carbonyl (C=O) groups excluding carboxylic acids is 2. The number of allylic oxidation sites excluding steroid dienone is 2. The molecular weight excluding hydrogens is 424 g/mol. The van der Waals surface area contributed by atoms with Crippen molar-refractivity contribution >= 4 is 11.8 Å². The van der Waals surface area contributed by atoms with Crippen LogP contribution >= 0.6 is 0 Å². The number of aliphatic hydroxyl groups is 2. The van der Waals surface area contributed by atoms with Crippen molar-refractivity contribution in [2.24, 2.45) is 33.5 Å². The standard InChI is InChI=1S/C26H32O7/c1-22(2)15-10-17(29)25(5)18(23(15,3)8-6-16(22)28)14(27)11-24(4)19(13-7-9-31-12-13)32-21(30)20-26(24,25)33-20/h6-9,12,14-15,17-20,27,29H,10-11H2,1-5H3/t14-,15-,17+,18?,19-,20+,23-,24-,25+,26+/m0/s1. The highest BCUT2D eigenvalue weighted by atomic mass is 16.7. The molecule has 6 rings (SSSR count). The highest BCUT2D eigenvalue weighted by molar-refractivity contribution is 5.95. The molecule has 0 aromatic carbocycles. The van der Waals surface area contributed by atoms with Gasteiger partial charge in [-0.05, 0) is 36.3 Å². The summed E-state index contributed by atoms with van der Waals surface area (Å²) in [7, 11) is 0. The van der Waals surface area contributed by atoms with E-state index >= 15 is 0 Å². The number of carbonyl (C=O) groups is 2. The molecule has 33 heavy (non-hydrogen) atoms. The summed E-state index contributed by atoms with van der Waals surface area (Å²) < 4.78 is 17.5. The topological polar surface area (TPSA) is 110 Å². The van der Waals surface area contributed by atoms with E-state index in [1.807, 2.05) is 33.8 Å². The zero-order chi connectivity index (χ0) is 23.8. The molecule has 1 aromatic heterocycles. The third kappa shape index (κ3) is 2.14. The van der Waals surface area contributed by atoms with Gasteiger partial charge in [-0.25, -0.2) is 4.79 Å². The molecular formula is C26H32O7. The van der Waals surface area contributed by atoms with Crippen molar-refractivity contribution in [3.8, 4) is 0 Å². The number of aliphatic hydroxyl groups excluding tert-OH is 2. The van der Waals surface area contributed by atoms with E-state index in [4.69, 9.17) is 13.9 Å². The summed E-state index contributed by atoms with van der Waals surface area (Å²) in [6.07, 6.45) is 4.30. The minimum absolute atomic E-state index is 0.0379. The van der Waals surface area contributed by atoms with Gasteiger partial charge in [0.25, 0.3) is 0 Å². The van der Waals surface area contributed by atoms with Gasteiger partial charge in [-0.3, -0.25) is 4.79 Å². The van der Waals surface area contributed by atoms with E-state index in [1.165, 1.54) is 6.26 Å². The zero-order valence-electron chi connectivity index (χ0n) is 19.7. The van der Waals surface area contributed by atoms with Crippen LogP contribution in [0.4, 0.5) is 0 Å². The van der Waals surface area contributed by atoms with Crippen molar-refractivity contribution in [3.63, 3.8) is 0 Å². The first-order valence-electron chi connectivity index (χ1n) is 11.9. The van der Waals surface area contributed by atoms with E-state index in [1.54, 1.807) is 18.4 Å². The van der Waals surface area contributed by atoms with Crippen LogP contribution in [0.5, 0.6) is 0 Å². The molecule has 2 saturated heterocycles. The number of hydrogen-bond acceptors (Lipinski definition) is 7. The lowest BCUT2D eigenvalue weighted by molar-refractivity contribution is -0.274. The molecule has 7 nitrogen and oxygen atoms in total. The van der Waals surface area contributed by atoms with Crippen LogP contribution < -0.4 is 0 Å². The molecule has 2 N–H and O–H groups in total. The molecule has 2 saturated carbocycles. The maximum absolute atomic E-state index is 13.1. The molecule has 3 aliphatic carbocycles. The summed E-state index contributed by atoms with van der Waals surface area (Å²) >= 11 is 0. The predicted octanol–water partition coefficient (Wildman–Crippen LogP) is 2.96. The van der Waals surface area contributed by atoms with Crippen LogP contribution in [-0.2, 0) is 19.1 Å². The van der Waals surface area contributed by atoms with Crippen LogP contribution in [0.15, 0.2) is 35.2 Å². The fraction of sp³-hybridized carbons (Fsp3) is 0.692. The number of ether oxygens (including phenoxy) is 2. The second kappa shape index (κ2) is 5.99. The molecule has 5 aliphatic rings. The van der Waals surface area contributed by atoms with E-state index in [2.05, 4.69) is 6.92 Å². The number of rotatable bonds is 1. The Morgan fingerprint density at radius 2 is 1.79 bits per heavy atom. The van der Waals surface area contributed by atoms with Crippen LogP contribution in [0.1, 0.15) is 59.1 Å². The van der Waals surface area contributed by atoms with Crippen molar-refractivity contribution in [1.29, 1.82) is 0 Å². The number of cyclic esters (lactones) is 1. The van der Waals surface area contributed by atoms with Gasteiger partial charge in [0.05, 0.1) is 24.7 Å². The Labute approximate surface area is 193 Å². The Balaban J connectivity index is 1.56. The largest absolute Gasteiger partial charge is 0.472 e. The van der Waals surface area contributed by atoms with Crippen LogP contribution in [0, 0.1) is 33.5 Å².